The maximum absolute atomic E-state index is 8.82. The minimum absolute atomic E-state index is 0.234. The summed E-state index contributed by atoms with van der Waals surface area (Å²) < 4.78 is 0. The Morgan fingerprint density at radius 3 is 2.86 bits per heavy atom. The van der Waals surface area contributed by atoms with Crippen LogP contribution in [-0.2, 0) is 5.41 Å². The van der Waals surface area contributed by atoms with E-state index in [1.54, 1.807) is 0 Å². The van der Waals surface area contributed by atoms with Gasteiger partial charge in [0.1, 0.15) is 0 Å². The molecule has 1 aromatic carbocycles. The summed E-state index contributed by atoms with van der Waals surface area (Å²) in [6.45, 7) is 4.50. The highest BCUT2D eigenvalue weighted by Crippen LogP contribution is 2.48. The number of benzene rings is 1. The molecule has 1 unspecified atom stereocenters. The average molecular weight is 250 g/mol. The molecule has 1 nitrogen and oxygen atoms in total. The van der Waals surface area contributed by atoms with Crippen LogP contribution in [0.25, 0.3) is 0 Å². The minimum Gasteiger partial charge on any atom is -0.192 e. The highest BCUT2D eigenvalue weighted by atomic mass is 79.9. The molecule has 2 heteroatoms. The summed E-state index contributed by atoms with van der Waals surface area (Å²) in [5.74, 6) is 0. The predicted octanol–water partition coefficient (Wildman–Crippen LogP) is 3.68. The molecule has 1 aromatic rings. The van der Waals surface area contributed by atoms with Gasteiger partial charge >= 0.3 is 0 Å². The van der Waals surface area contributed by atoms with Crippen molar-refractivity contribution in [2.45, 2.75) is 30.5 Å². The van der Waals surface area contributed by atoms with E-state index in [0.717, 1.165) is 12.0 Å². The van der Waals surface area contributed by atoms with Crippen LogP contribution in [0.4, 0.5) is 0 Å². The van der Waals surface area contributed by atoms with E-state index in [9.17, 15) is 0 Å². The third-order valence-corrected chi connectivity index (χ3v) is 3.75. The largest absolute Gasteiger partial charge is 0.192 e. The smallest absolute Gasteiger partial charge is 0.0991 e. The van der Waals surface area contributed by atoms with Crippen molar-refractivity contribution in [2.24, 2.45) is 0 Å². The third kappa shape index (κ3) is 1.36. The van der Waals surface area contributed by atoms with Crippen LogP contribution in [-0.4, -0.2) is 0 Å². The normalized spacial score (nSPS) is 22.9. The van der Waals surface area contributed by atoms with Gasteiger partial charge in [0.05, 0.1) is 11.6 Å². The standard InChI is InChI=1S/C12H12BrN/c1-12(2)6-11(13)9-5-8(7-14)3-4-10(9)12/h3-5,11H,6H2,1-2H3. The molecule has 2 rings (SSSR count). The van der Waals surface area contributed by atoms with Crippen LogP contribution in [0.15, 0.2) is 18.2 Å². The number of alkyl halides is 1. The summed E-state index contributed by atoms with van der Waals surface area (Å²) in [5, 5.41) is 8.82. The first kappa shape index (κ1) is 9.73. The van der Waals surface area contributed by atoms with E-state index in [1.807, 2.05) is 12.1 Å². The van der Waals surface area contributed by atoms with Crippen LogP contribution >= 0.6 is 15.9 Å². The molecule has 1 atom stereocenters. The first-order valence-electron chi connectivity index (χ1n) is 4.73. The molecule has 0 amide bonds. The second-order valence-electron chi connectivity index (χ2n) is 4.47. The highest BCUT2D eigenvalue weighted by Gasteiger charge is 2.35. The van der Waals surface area contributed by atoms with Crippen molar-refractivity contribution in [2.75, 3.05) is 0 Å². The zero-order valence-electron chi connectivity index (χ0n) is 8.34. The second kappa shape index (κ2) is 3.10. The van der Waals surface area contributed by atoms with Crippen molar-refractivity contribution in [1.29, 1.82) is 5.26 Å². The van der Waals surface area contributed by atoms with Gasteiger partial charge in [-0.05, 0) is 35.1 Å². The van der Waals surface area contributed by atoms with Crippen LogP contribution in [0, 0.1) is 11.3 Å². The lowest BCUT2D eigenvalue weighted by molar-refractivity contribution is 0.521. The maximum Gasteiger partial charge on any atom is 0.0991 e. The minimum atomic E-state index is 0.234. The zero-order chi connectivity index (χ0) is 10.3. The number of nitriles is 1. The van der Waals surface area contributed by atoms with Crippen LogP contribution in [0.3, 0.4) is 0 Å². The third-order valence-electron chi connectivity index (χ3n) is 2.94. The fourth-order valence-electron chi connectivity index (χ4n) is 2.18. The number of rotatable bonds is 0. The molecule has 0 heterocycles. The van der Waals surface area contributed by atoms with Crippen molar-refractivity contribution in [3.8, 4) is 6.07 Å². The van der Waals surface area contributed by atoms with Gasteiger partial charge in [-0.3, -0.25) is 0 Å². The number of nitrogens with zero attached hydrogens (tertiary/aromatic N) is 1. The number of fused-ring (bicyclic) bond motifs is 1. The molecule has 0 aromatic heterocycles. The van der Waals surface area contributed by atoms with Gasteiger partial charge in [0, 0.05) is 4.83 Å². The Kier molecular flexibility index (Phi) is 2.16. The average Bonchev–Trinajstić information content (AvgIpc) is 2.37. The fourth-order valence-corrected chi connectivity index (χ4v) is 3.36. The van der Waals surface area contributed by atoms with E-state index in [0.29, 0.717) is 4.83 Å². The summed E-state index contributed by atoms with van der Waals surface area (Å²) >= 11 is 3.67. The lowest BCUT2D eigenvalue weighted by Gasteiger charge is -2.18. The van der Waals surface area contributed by atoms with Crippen LogP contribution in [0.2, 0.25) is 0 Å². The Bertz CT molecular complexity index is 415. The van der Waals surface area contributed by atoms with E-state index in [2.05, 4.69) is 41.9 Å². The Morgan fingerprint density at radius 2 is 2.21 bits per heavy atom. The van der Waals surface area contributed by atoms with Crippen molar-refractivity contribution < 1.29 is 0 Å². The lowest BCUT2D eigenvalue weighted by Crippen LogP contribution is -2.11. The number of hydrogen-bond acceptors (Lipinski definition) is 1. The Hall–Kier alpha value is -0.810. The Morgan fingerprint density at radius 1 is 1.50 bits per heavy atom. The van der Waals surface area contributed by atoms with Crippen LogP contribution in [0.5, 0.6) is 0 Å². The van der Waals surface area contributed by atoms with Crippen molar-refractivity contribution in [3.63, 3.8) is 0 Å². The topological polar surface area (TPSA) is 23.8 Å². The summed E-state index contributed by atoms with van der Waals surface area (Å²) in [6.07, 6.45) is 1.11. The molecule has 0 fully saturated rings. The van der Waals surface area contributed by atoms with Gasteiger partial charge in [-0.25, -0.2) is 0 Å². The summed E-state index contributed by atoms with van der Waals surface area (Å²) in [4.78, 5) is 0.404. The zero-order valence-corrected chi connectivity index (χ0v) is 9.93. The lowest BCUT2D eigenvalue weighted by atomic mass is 9.86. The van der Waals surface area contributed by atoms with E-state index in [4.69, 9.17) is 5.26 Å². The van der Waals surface area contributed by atoms with Gasteiger partial charge in [-0.15, -0.1) is 0 Å². The fraction of sp³-hybridized carbons (Fsp3) is 0.417. The number of halogens is 1. The molecule has 0 bridgehead atoms. The van der Waals surface area contributed by atoms with Crippen LogP contribution in [0.1, 0.15) is 41.8 Å². The van der Waals surface area contributed by atoms with Crippen molar-refractivity contribution in [1.82, 2.24) is 0 Å². The molecule has 72 valence electrons. The second-order valence-corrected chi connectivity index (χ2v) is 5.57. The highest BCUT2D eigenvalue weighted by molar-refractivity contribution is 9.09. The molecule has 14 heavy (non-hydrogen) atoms. The summed E-state index contributed by atoms with van der Waals surface area (Å²) in [7, 11) is 0. The molecule has 0 radical (unpaired) electrons. The first-order chi connectivity index (χ1) is 6.54. The quantitative estimate of drug-likeness (QED) is 0.644. The first-order valence-corrected chi connectivity index (χ1v) is 5.65. The van der Waals surface area contributed by atoms with Gasteiger partial charge in [0.25, 0.3) is 0 Å². The van der Waals surface area contributed by atoms with Gasteiger partial charge in [0.2, 0.25) is 0 Å². The Balaban J connectivity index is 2.59. The maximum atomic E-state index is 8.82. The molecular formula is C12H12BrN. The summed E-state index contributed by atoms with van der Waals surface area (Å²) in [6, 6.07) is 8.19. The molecule has 0 spiro atoms. The van der Waals surface area contributed by atoms with Crippen LogP contribution < -0.4 is 0 Å². The van der Waals surface area contributed by atoms with Gasteiger partial charge in [-0.1, -0.05) is 35.8 Å². The molecular weight excluding hydrogens is 238 g/mol. The molecule has 1 aliphatic carbocycles. The molecule has 0 N–H and O–H groups in total. The Labute approximate surface area is 92.9 Å². The molecule has 0 saturated carbocycles. The molecule has 0 saturated heterocycles. The van der Waals surface area contributed by atoms with E-state index in [-0.39, 0.29) is 5.41 Å². The van der Waals surface area contributed by atoms with E-state index in [1.165, 1.54) is 11.1 Å². The summed E-state index contributed by atoms with van der Waals surface area (Å²) in [5.41, 5.74) is 3.65. The van der Waals surface area contributed by atoms with E-state index >= 15 is 0 Å². The number of hydrogen-bond donors (Lipinski definition) is 0. The van der Waals surface area contributed by atoms with Crippen molar-refractivity contribution >= 4 is 15.9 Å². The van der Waals surface area contributed by atoms with Crippen molar-refractivity contribution in [3.05, 3.63) is 34.9 Å². The van der Waals surface area contributed by atoms with Gasteiger partial charge in [-0.2, -0.15) is 5.26 Å². The molecule has 1 aliphatic rings. The SMILES string of the molecule is CC1(C)CC(Br)c2cc(C#N)ccc21. The molecule has 0 aliphatic heterocycles. The van der Waals surface area contributed by atoms with E-state index < -0.39 is 0 Å². The van der Waals surface area contributed by atoms with Gasteiger partial charge < -0.3 is 0 Å². The van der Waals surface area contributed by atoms with Gasteiger partial charge in [0.15, 0.2) is 0 Å². The monoisotopic (exact) mass is 249 g/mol. The predicted molar refractivity (Wildman–Crippen MR) is 60.5 cm³/mol.